The second-order valence-corrected chi connectivity index (χ2v) is 7.58. The summed E-state index contributed by atoms with van der Waals surface area (Å²) in [6.45, 7) is 3.73. The Morgan fingerprint density at radius 3 is 2.93 bits per heavy atom. The van der Waals surface area contributed by atoms with E-state index >= 15 is 0 Å². The first-order valence-electron chi connectivity index (χ1n) is 8.39. The molecule has 0 aliphatic rings. The van der Waals surface area contributed by atoms with E-state index in [1.54, 1.807) is 23.1 Å². The number of guanidine groups is 1. The maximum absolute atomic E-state index is 8.67. The summed E-state index contributed by atoms with van der Waals surface area (Å²) >= 11 is 3.43. The number of nitriles is 1. The fourth-order valence-electron chi connectivity index (χ4n) is 2.07. The molecule has 1 heterocycles. The summed E-state index contributed by atoms with van der Waals surface area (Å²) < 4.78 is 0. The van der Waals surface area contributed by atoms with Crippen LogP contribution in [0.3, 0.4) is 0 Å². The molecule has 0 fully saturated rings. The number of rotatable bonds is 9. The van der Waals surface area contributed by atoms with Crippen LogP contribution in [-0.2, 0) is 12.3 Å². The normalized spacial score (nSPS) is 10.7. The molecule has 0 spiro atoms. The van der Waals surface area contributed by atoms with Crippen molar-refractivity contribution in [1.82, 2.24) is 15.6 Å². The molecule has 0 saturated carbocycles. The highest BCUT2D eigenvalue weighted by Gasteiger charge is 2.03. The first kappa shape index (κ1) is 20.6. The Hall–Kier alpha value is -2.68. The van der Waals surface area contributed by atoms with Crippen molar-refractivity contribution in [1.29, 1.82) is 5.26 Å². The molecule has 6 nitrogen and oxygen atoms in total. The van der Waals surface area contributed by atoms with Crippen LogP contribution in [0.15, 0.2) is 34.6 Å². The Labute approximate surface area is 168 Å². The number of thiazole rings is 1. The SMILES string of the molecule is C#CCNC(=NCCSCc1nc(CNc2ccc(C)cc2)cs1)NC#N. The van der Waals surface area contributed by atoms with Gasteiger partial charge in [-0.2, -0.15) is 17.0 Å². The van der Waals surface area contributed by atoms with E-state index in [0.29, 0.717) is 19.0 Å². The minimum absolute atomic E-state index is 0.333. The monoisotopic (exact) mass is 398 g/mol. The molecule has 8 heteroatoms. The van der Waals surface area contributed by atoms with Crippen LogP contribution in [0.25, 0.3) is 0 Å². The zero-order chi connectivity index (χ0) is 19.3. The van der Waals surface area contributed by atoms with Crippen molar-refractivity contribution in [3.8, 4) is 18.5 Å². The van der Waals surface area contributed by atoms with Gasteiger partial charge in [-0.1, -0.05) is 23.6 Å². The molecule has 0 unspecified atom stereocenters. The van der Waals surface area contributed by atoms with Gasteiger partial charge in [-0.25, -0.2) is 4.98 Å². The first-order valence-corrected chi connectivity index (χ1v) is 10.4. The number of nitrogens with one attached hydrogen (secondary N) is 3. The molecule has 0 radical (unpaired) electrons. The van der Waals surface area contributed by atoms with Gasteiger partial charge in [-0.05, 0) is 19.1 Å². The third-order valence-electron chi connectivity index (χ3n) is 3.39. The van der Waals surface area contributed by atoms with E-state index in [9.17, 15) is 0 Å². The minimum atomic E-state index is 0.333. The summed E-state index contributed by atoms with van der Waals surface area (Å²) in [5.74, 6) is 4.55. The summed E-state index contributed by atoms with van der Waals surface area (Å²) in [7, 11) is 0. The predicted molar refractivity (Wildman–Crippen MR) is 115 cm³/mol. The van der Waals surface area contributed by atoms with E-state index < -0.39 is 0 Å². The summed E-state index contributed by atoms with van der Waals surface area (Å²) in [6.07, 6.45) is 7.02. The van der Waals surface area contributed by atoms with Crippen molar-refractivity contribution in [3.05, 3.63) is 45.9 Å². The van der Waals surface area contributed by atoms with E-state index in [-0.39, 0.29) is 0 Å². The Kier molecular flexibility index (Phi) is 9.05. The average molecular weight is 399 g/mol. The standard InChI is InChI=1S/C19H22N6S2/c1-3-8-21-19(24-14-20)22-9-10-26-13-18-25-17(12-27-18)11-23-16-6-4-15(2)5-7-16/h1,4-7,12,23H,8-11,13H2,2H3,(H2,21,22,24). The van der Waals surface area contributed by atoms with E-state index in [2.05, 4.69) is 68.4 Å². The van der Waals surface area contributed by atoms with E-state index in [4.69, 9.17) is 11.7 Å². The summed E-state index contributed by atoms with van der Waals surface area (Å²) in [4.78, 5) is 8.94. The molecule has 1 aromatic heterocycles. The lowest BCUT2D eigenvalue weighted by Gasteiger charge is -2.04. The van der Waals surface area contributed by atoms with Crippen LogP contribution in [0.1, 0.15) is 16.3 Å². The zero-order valence-corrected chi connectivity index (χ0v) is 16.8. The molecule has 27 heavy (non-hydrogen) atoms. The van der Waals surface area contributed by atoms with Gasteiger partial charge in [0.15, 0.2) is 6.19 Å². The highest BCUT2D eigenvalue weighted by molar-refractivity contribution is 7.98. The Morgan fingerprint density at radius 1 is 1.37 bits per heavy atom. The van der Waals surface area contributed by atoms with Crippen LogP contribution in [-0.4, -0.2) is 29.8 Å². The quantitative estimate of drug-likeness (QED) is 0.150. The molecular weight excluding hydrogens is 376 g/mol. The maximum Gasteiger partial charge on any atom is 0.205 e. The number of thioether (sulfide) groups is 1. The molecule has 0 aliphatic carbocycles. The first-order chi connectivity index (χ1) is 13.2. The van der Waals surface area contributed by atoms with Crippen LogP contribution in [0.4, 0.5) is 5.69 Å². The van der Waals surface area contributed by atoms with E-state index in [1.165, 1.54) is 5.56 Å². The zero-order valence-electron chi connectivity index (χ0n) is 15.2. The molecule has 0 bridgehead atoms. The number of terminal acetylenes is 1. The molecule has 2 aromatic rings. The Bertz CT molecular complexity index is 814. The lowest BCUT2D eigenvalue weighted by Crippen LogP contribution is -2.34. The molecule has 0 atom stereocenters. The number of hydrogen-bond donors (Lipinski definition) is 3. The Morgan fingerprint density at radius 2 is 2.19 bits per heavy atom. The third-order valence-corrected chi connectivity index (χ3v) is 5.42. The van der Waals surface area contributed by atoms with Gasteiger partial charge in [0.25, 0.3) is 0 Å². The summed E-state index contributed by atoms with van der Waals surface area (Å²) in [6, 6.07) is 8.33. The van der Waals surface area contributed by atoms with Gasteiger partial charge in [0.1, 0.15) is 5.01 Å². The van der Waals surface area contributed by atoms with E-state index in [1.807, 2.05) is 6.19 Å². The number of aryl methyl sites for hydroxylation is 1. The van der Waals surface area contributed by atoms with Crippen LogP contribution < -0.4 is 16.0 Å². The van der Waals surface area contributed by atoms with Crippen LogP contribution in [0, 0.1) is 30.7 Å². The number of nitrogens with zero attached hydrogens (tertiary/aromatic N) is 3. The molecule has 140 valence electrons. The van der Waals surface area contributed by atoms with Gasteiger partial charge >= 0.3 is 0 Å². The number of benzene rings is 1. The second-order valence-electron chi connectivity index (χ2n) is 5.53. The van der Waals surface area contributed by atoms with Crippen LogP contribution in [0.5, 0.6) is 0 Å². The maximum atomic E-state index is 8.67. The van der Waals surface area contributed by atoms with Crippen molar-refractivity contribution >= 4 is 34.7 Å². The molecular formula is C19H22N6S2. The molecule has 0 saturated heterocycles. The third kappa shape index (κ3) is 8.04. The van der Waals surface area contributed by atoms with Gasteiger partial charge in [0.2, 0.25) is 5.96 Å². The highest BCUT2D eigenvalue weighted by atomic mass is 32.2. The number of hydrogen-bond acceptors (Lipinski definition) is 6. The van der Waals surface area contributed by atoms with Crippen molar-refractivity contribution in [2.45, 2.75) is 19.2 Å². The number of anilines is 1. The summed E-state index contributed by atoms with van der Waals surface area (Å²) in [5, 5.41) is 20.6. The highest BCUT2D eigenvalue weighted by Crippen LogP contribution is 2.18. The average Bonchev–Trinajstić information content (AvgIpc) is 3.13. The summed E-state index contributed by atoms with van der Waals surface area (Å²) in [5.41, 5.74) is 3.40. The molecule has 0 aliphatic heterocycles. The largest absolute Gasteiger partial charge is 0.379 e. The second kappa shape index (κ2) is 11.8. The van der Waals surface area contributed by atoms with Gasteiger partial charge in [0, 0.05) is 22.6 Å². The smallest absolute Gasteiger partial charge is 0.205 e. The van der Waals surface area contributed by atoms with Crippen molar-refractivity contribution in [3.63, 3.8) is 0 Å². The van der Waals surface area contributed by atoms with Crippen molar-refractivity contribution in [2.75, 3.05) is 24.2 Å². The van der Waals surface area contributed by atoms with Gasteiger partial charge in [0.05, 0.1) is 25.3 Å². The number of aliphatic imine (C=N–C) groups is 1. The van der Waals surface area contributed by atoms with Crippen molar-refractivity contribution < 1.29 is 0 Å². The predicted octanol–water partition coefficient (Wildman–Crippen LogP) is 2.95. The molecule has 0 amide bonds. The Balaban J connectivity index is 1.69. The van der Waals surface area contributed by atoms with Gasteiger partial charge < -0.3 is 10.6 Å². The molecule has 3 N–H and O–H groups in total. The molecule has 2 rings (SSSR count). The topological polar surface area (TPSA) is 85.1 Å². The van der Waals surface area contributed by atoms with Gasteiger partial charge in [-0.15, -0.1) is 17.8 Å². The fraction of sp³-hybridized carbons (Fsp3) is 0.316. The van der Waals surface area contributed by atoms with Crippen LogP contribution in [0.2, 0.25) is 0 Å². The fourth-order valence-corrected chi connectivity index (χ4v) is 3.77. The lowest BCUT2D eigenvalue weighted by molar-refractivity contribution is 0.967. The van der Waals surface area contributed by atoms with Crippen molar-refractivity contribution in [2.24, 2.45) is 4.99 Å². The molecule has 1 aromatic carbocycles. The van der Waals surface area contributed by atoms with Crippen LogP contribution >= 0.6 is 23.1 Å². The lowest BCUT2D eigenvalue weighted by atomic mass is 10.2. The number of aromatic nitrogens is 1. The van der Waals surface area contributed by atoms with E-state index in [0.717, 1.165) is 34.4 Å². The van der Waals surface area contributed by atoms with Gasteiger partial charge in [-0.3, -0.25) is 10.3 Å². The minimum Gasteiger partial charge on any atom is -0.379 e.